The van der Waals surface area contributed by atoms with Gasteiger partial charge in [-0.15, -0.1) is 0 Å². The van der Waals surface area contributed by atoms with Crippen molar-refractivity contribution in [1.29, 1.82) is 0 Å². The Hall–Kier alpha value is -3.47. The molecule has 4 nitrogen and oxygen atoms in total. The maximum atomic E-state index is 13.8. The molecule has 0 aliphatic carbocycles. The lowest BCUT2D eigenvalue weighted by Gasteiger charge is -2.30. The van der Waals surface area contributed by atoms with Crippen LogP contribution in [-0.4, -0.2) is 17.0 Å². The SMILES string of the molecule is O=C(Cn1c2ccccc2c(=O)c2ccccc21)N1CCCc2ccc(F)cc21. The highest BCUT2D eigenvalue weighted by molar-refractivity contribution is 5.98. The maximum absolute atomic E-state index is 13.8. The minimum absolute atomic E-state index is 0.0368. The van der Waals surface area contributed by atoms with Crippen LogP contribution in [0.1, 0.15) is 12.0 Å². The van der Waals surface area contributed by atoms with Gasteiger partial charge >= 0.3 is 0 Å². The Labute approximate surface area is 166 Å². The summed E-state index contributed by atoms with van der Waals surface area (Å²) in [6.45, 7) is 0.641. The summed E-state index contributed by atoms with van der Waals surface area (Å²) in [6.07, 6.45) is 1.68. The Morgan fingerprint density at radius 3 is 2.28 bits per heavy atom. The smallest absolute Gasteiger partial charge is 0.246 e. The molecular formula is C24H19FN2O2. The number of benzene rings is 3. The maximum Gasteiger partial charge on any atom is 0.246 e. The van der Waals surface area contributed by atoms with Gasteiger partial charge in [0.05, 0.1) is 11.0 Å². The lowest BCUT2D eigenvalue weighted by Crippen LogP contribution is -2.38. The molecular weight excluding hydrogens is 367 g/mol. The molecule has 1 amide bonds. The summed E-state index contributed by atoms with van der Waals surface area (Å²) in [4.78, 5) is 27.9. The minimum atomic E-state index is -0.345. The van der Waals surface area contributed by atoms with E-state index in [1.165, 1.54) is 12.1 Å². The average molecular weight is 386 g/mol. The predicted molar refractivity (Wildman–Crippen MR) is 113 cm³/mol. The zero-order valence-electron chi connectivity index (χ0n) is 15.8. The highest BCUT2D eigenvalue weighted by Gasteiger charge is 2.24. The molecule has 0 saturated heterocycles. The topological polar surface area (TPSA) is 42.3 Å². The van der Waals surface area contributed by atoms with Gasteiger partial charge in [0.2, 0.25) is 5.91 Å². The highest BCUT2D eigenvalue weighted by Crippen LogP contribution is 2.29. The Kier molecular flexibility index (Phi) is 4.16. The molecule has 3 aromatic carbocycles. The Morgan fingerprint density at radius 1 is 0.931 bits per heavy atom. The number of aryl methyl sites for hydroxylation is 1. The summed E-state index contributed by atoms with van der Waals surface area (Å²) in [5.41, 5.74) is 3.05. The van der Waals surface area contributed by atoms with Gasteiger partial charge in [-0.2, -0.15) is 0 Å². The van der Waals surface area contributed by atoms with E-state index in [9.17, 15) is 14.0 Å². The van der Waals surface area contributed by atoms with Gasteiger partial charge in [0.25, 0.3) is 0 Å². The fraction of sp³-hybridized carbons (Fsp3) is 0.167. The van der Waals surface area contributed by atoms with E-state index in [1.807, 2.05) is 41.0 Å². The lowest BCUT2D eigenvalue weighted by atomic mass is 10.0. The van der Waals surface area contributed by atoms with Crippen LogP contribution in [0.25, 0.3) is 21.8 Å². The van der Waals surface area contributed by atoms with Crippen molar-refractivity contribution in [3.8, 4) is 0 Å². The standard InChI is InChI=1S/C24H19FN2O2/c25-17-12-11-16-6-5-13-26(22(16)14-17)23(28)15-27-20-9-3-1-7-18(20)24(29)19-8-2-4-10-21(19)27/h1-4,7-12,14H,5-6,13,15H2. The number of halogens is 1. The van der Waals surface area contributed by atoms with Gasteiger partial charge in [0.1, 0.15) is 12.4 Å². The Bertz CT molecular complexity index is 1270. The van der Waals surface area contributed by atoms with Crippen molar-refractivity contribution in [3.63, 3.8) is 0 Å². The van der Waals surface area contributed by atoms with Crippen LogP contribution in [0.4, 0.5) is 10.1 Å². The summed E-state index contributed by atoms with van der Waals surface area (Å²) in [6, 6.07) is 19.3. The van der Waals surface area contributed by atoms with Crippen LogP contribution in [0.5, 0.6) is 0 Å². The molecule has 0 spiro atoms. The van der Waals surface area contributed by atoms with Gasteiger partial charge in [0, 0.05) is 23.0 Å². The Morgan fingerprint density at radius 2 is 1.59 bits per heavy atom. The Balaban J connectivity index is 1.65. The fourth-order valence-electron chi connectivity index (χ4n) is 4.27. The second kappa shape index (κ2) is 6.85. The van der Waals surface area contributed by atoms with Crippen LogP contribution < -0.4 is 10.3 Å². The van der Waals surface area contributed by atoms with Crippen molar-refractivity contribution in [1.82, 2.24) is 4.57 Å². The van der Waals surface area contributed by atoms with E-state index in [1.54, 1.807) is 23.1 Å². The fourth-order valence-corrected chi connectivity index (χ4v) is 4.27. The molecule has 144 valence electrons. The van der Waals surface area contributed by atoms with Crippen LogP contribution in [0, 0.1) is 5.82 Å². The van der Waals surface area contributed by atoms with Gasteiger partial charge < -0.3 is 9.47 Å². The van der Waals surface area contributed by atoms with Crippen LogP contribution >= 0.6 is 0 Å². The van der Waals surface area contributed by atoms with Crippen LogP contribution in [-0.2, 0) is 17.8 Å². The zero-order valence-corrected chi connectivity index (χ0v) is 15.8. The van der Waals surface area contributed by atoms with E-state index in [0.717, 1.165) is 29.4 Å². The van der Waals surface area contributed by atoms with E-state index in [4.69, 9.17) is 0 Å². The largest absolute Gasteiger partial charge is 0.331 e. The number of carbonyl (C=O) groups excluding carboxylic acids is 1. The molecule has 0 radical (unpaired) electrons. The van der Waals surface area contributed by atoms with Gasteiger partial charge in [-0.3, -0.25) is 9.59 Å². The first kappa shape index (κ1) is 17.6. The van der Waals surface area contributed by atoms with Crippen LogP contribution in [0.15, 0.2) is 71.5 Å². The molecule has 2 heterocycles. The zero-order chi connectivity index (χ0) is 20.0. The number of aromatic nitrogens is 1. The highest BCUT2D eigenvalue weighted by atomic mass is 19.1. The van der Waals surface area contributed by atoms with E-state index < -0.39 is 0 Å². The van der Waals surface area contributed by atoms with Crippen molar-refractivity contribution >= 4 is 33.4 Å². The van der Waals surface area contributed by atoms with E-state index in [0.29, 0.717) is 23.0 Å². The number of para-hydroxylation sites is 2. The number of rotatable bonds is 2. The van der Waals surface area contributed by atoms with Crippen LogP contribution in [0.2, 0.25) is 0 Å². The van der Waals surface area contributed by atoms with Gasteiger partial charge in [-0.1, -0.05) is 30.3 Å². The van der Waals surface area contributed by atoms with Crippen LogP contribution in [0.3, 0.4) is 0 Å². The van der Waals surface area contributed by atoms with E-state index in [2.05, 4.69) is 0 Å². The molecule has 0 unspecified atom stereocenters. The monoisotopic (exact) mass is 386 g/mol. The predicted octanol–water partition coefficient (Wildman–Crippen LogP) is 4.27. The van der Waals surface area contributed by atoms with E-state index >= 15 is 0 Å². The van der Waals surface area contributed by atoms with Gasteiger partial charge in [-0.25, -0.2) is 4.39 Å². The summed E-state index contributed by atoms with van der Waals surface area (Å²) in [5.74, 6) is -0.460. The minimum Gasteiger partial charge on any atom is -0.331 e. The third-order valence-corrected chi connectivity index (χ3v) is 5.64. The van der Waals surface area contributed by atoms with Gasteiger partial charge in [-0.05, 0) is 54.8 Å². The molecule has 29 heavy (non-hydrogen) atoms. The molecule has 4 aromatic rings. The molecule has 1 aromatic heterocycles. The van der Waals surface area contributed by atoms with E-state index in [-0.39, 0.29) is 23.7 Å². The first-order chi connectivity index (χ1) is 14.1. The molecule has 0 bridgehead atoms. The van der Waals surface area contributed by atoms with Crippen molar-refractivity contribution in [3.05, 3.63) is 88.3 Å². The summed E-state index contributed by atoms with van der Waals surface area (Å²) in [7, 11) is 0. The molecule has 1 aliphatic rings. The second-order valence-electron chi connectivity index (χ2n) is 7.37. The first-order valence-electron chi connectivity index (χ1n) is 9.72. The van der Waals surface area contributed by atoms with Crippen molar-refractivity contribution < 1.29 is 9.18 Å². The third kappa shape index (κ3) is 2.90. The first-order valence-corrected chi connectivity index (χ1v) is 9.72. The number of anilines is 1. The summed E-state index contributed by atoms with van der Waals surface area (Å²) < 4.78 is 15.7. The number of hydrogen-bond acceptors (Lipinski definition) is 2. The number of amides is 1. The summed E-state index contributed by atoms with van der Waals surface area (Å²) >= 11 is 0. The molecule has 0 atom stereocenters. The number of carbonyl (C=O) groups is 1. The molecule has 1 aliphatic heterocycles. The molecule has 0 N–H and O–H groups in total. The quantitative estimate of drug-likeness (QED) is 0.483. The average Bonchev–Trinajstić information content (AvgIpc) is 2.76. The normalized spacial score (nSPS) is 13.6. The second-order valence-corrected chi connectivity index (χ2v) is 7.37. The number of nitrogens with zero attached hydrogens (tertiary/aromatic N) is 2. The molecule has 0 saturated carbocycles. The third-order valence-electron chi connectivity index (χ3n) is 5.64. The van der Waals surface area contributed by atoms with Gasteiger partial charge in [0.15, 0.2) is 5.43 Å². The van der Waals surface area contributed by atoms with Crippen molar-refractivity contribution in [2.75, 3.05) is 11.4 Å². The van der Waals surface area contributed by atoms with Crippen molar-refractivity contribution in [2.24, 2.45) is 0 Å². The molecule has 5 heteroatoms. The molecule has 5 rings (SSSR count). The number of fused-ring (bicyclic) bond motifs is 3. The summed E-state index contributed by atoms with van der Waals surface area (Å²) in [5, 5.41) is 1.17. The molecule has 0 fully saturated rings. The number of pyridine rings is 1. The lowest BCUT2D eigenvalue weighted by molar-refractivity contribution is -0.119. The van der Waals surface area contributed by atoms with Crippen molar-refractivity contribution in [2.45, 2.75) is 19.4 Å². The number of hydrogen-bond donors (Lipinski definition) is 0.